The molecule has 0 bridgehead atoms. The van der Waals surface area contributed by atoms with E-state index < -0.39 is 0 Å². The average Bonchev–Trinajstić information content (AvgIpc) is 3.04. The van der Waals surface area contributed by atoms with E-state index in [1.165, 1.54) is 17.0 Å². The molecule has 0 saturated heterocycles. The molecule has 0 N–H and O–H groups in total. The fourth-order valence-corrected chi connectivity index (χ4v) is 3.52. The van der Waals surface area contributed by atoms with Crippen LogP contribution in [-0.4, -0.2) is 28.7 Å². The number of anilines is 1. The van der Waals surface area contributed by atoms with Gasteiger partial charge in [-0.15, -0.1) is 0 Å². The van der Waals surface area contributed by atoms with Crippen LogP contribution >= 0.6 is 11.6 Å². The average molecular weight is 339 g/mol. The molecule has 0 unspecified atom stereocenters. The van der Waals surface area contributed by atoms with Crippen molar-refractivity contribution in [2.45, 2.75) is 19.9 Å². The first-order chi connectivity index (χ1) is 11.7. The number of benzene rings is 1. The second-order valence-electron chi connectivity index (χ2n) is 6.11. The Morgan fingerprint density at radius 2 is 1.96 bits per heavy atom. The number of allylic oxidation sites excluding steroid dienone is 1. The third-order valence-electron chi connectivity index (χ3n) is 4.64. The normalized spacial score (nSPS) is 17.2. The van der Waals surface area contributed by atoms with Crippen molar-refractivity contribution in [2.75, 3.05) is 18.1 Å². The van der Waals surface area contributed by atoms with Crippen LogP contribution in [0.3, 0.4) is 0 Å². The fraction of sp³-hybridized carbons (Fsp3) is 0.263. The number of rotatable bonds is 3. The van der Waals surface area contributed by atoms with E-state index >= 15 is 0 Å². The smallest absolute Gasteiger partial charge is 0.0784 e. The Morgan fingerprint density at radius 3 is 2.75 bits per heavy atom. The summed E-state index contributed by atoms with van der Waals surface area (Å²) in [5.74, 6) is 0. The summed E-state index contributed by atoms with van der Waals surface area (Å²) < 4.78 is 0. The molecule has 0 radical (unpaired) electrons. The summed E-state index contributed by atoms with van der Waals surface area (Å²) in [4.78, 5) is 6.84. The van der Waals surface area contributed by atoms with Crippen LogP contribution in [0.1, 0.15) is 19.0 Å². The Bertz CT molecular complexity index is 813. The van der Waals surface area contributed by atoms with Crippen LogP contribution in [-0.2, 0) is 6.54 Å². The van der Waals surface area contributed by atoms with Crippen LogP contribution in [0.15, 0.2) is 65.0 Å². The van der Waals surface area contributed by atoms with Crippen LogP contribution in [0.4, 0.5) is 5.69 Å². The van der Waals surface area contributed by atoms with Crippen LogP contribution in [0.25, 0.3) is 0 Å². The molecular formula is C19H19ClN4. The minimum atomic E-state index is 0.740. The number of nitrogens with zero attached hydrogens (tertiary/aromatic N) is 4. The predicted octanol–water partition coefficient (Wildman–Crippen LogP) is 4.09. The fourth-order valence-electron chi connectivity index (χ4n) is 3.29. The Balaban J connectivity index is 1.59. The summed E-state index contributed by atoms with van der Waals surface area (Å²) >= 11 is 6.33. The molecule has 0 saturated carbocycles. The Morgan fingerprint density at radius 1 is 1.12 bits per heavy atom. The maximum Gasteiger partial charge on any atom is 0.0784 e. The van der Waals surface area contributed by atoms with Crippen LogP contribution in [0, 0.1) is 0 Å². The van der Waals surface area contributed by atoms with Gasteiger partial charge in [0.25, 0.3) is 0 Å². The lowest BCUT2D eigenvalue weighted by molar-refractivity contribution is 0.334. The molecule has 0 spiro atoms. The van der Waals surface area contributed by atoms with Crippen molar-refractivity contribution in [1.82, 2.24) is 9.88 Å². The van der Waals surface area contributed by atoms with E-state index in [-0.39, 0.29) is 0 Å². The first kappa shape index (κ1) is 15.2. The molecule has 1 aromatic heterocycles. The molecule has 2 aliphatic heterocycles. The van der Waals surface area contributed by atoms with E-state index in [1.807, 2.05) is 47.6 Å². The minimum absolute atomic E-state index is 0.740. The third-order valence-corrected chi connectivity index (χ3v) is 4.96. The molecule has 4 nitrogen and oxygen atoms in total. The molecule has 122 valence electrons. The van der Waals surface area contributed by atoms with Gasteiger partial charge in [-0.25, -0.2) is 0 Å². The quantitative estimate of drug-likeness (QED) is 0.844. The van der Waals surface area contributed by atoms with Gasteiger partial charge in [0, 0.05) is 30.4 Å². The zero-order valence-corrected chi connectivity index (χ0v) is 14.4. The molecule has 4 rings (SSSR count). The van der Waals surface area contributed by atoms with Gasteiger partial charge in [0.15, 0.2) is 0 Å². The summed E-state index contributed by atoms with van der Waals surface area (Å²) in [7, 11) is 0. The number of para-hydroxylation sites is 1. The number of hydrogen-bond acceptors (Lipinski definition) is 4. The first-order valence-corrected chi connectivity index (χ1v) is 8.54. The van der Waals surface area contributed by atoms with Crippen molar-refractivity contribution in [3.05, 3.63) is 70.6 Å². The Hall–Kier alpha value is -2.33. The summed E-state index contributed by atoms with van der Waals surface area (Å²) in [6.07, 6.45) is 2.81. The largest absolute Gasteiger partial charge is 0.368 e. The van der Waals surface area contributed by atoms with Gasteiger partial charge in [-0.1, -0.05) is 29.8 Å². The molecular weight excluding hydrogens is 320 g/mol. The van der Waals surface area contributed by atoms with E-state index in [0.29, 0.717) is 0 Å². The van der Waals surface area contributed by atoms with Crippen LogP contribution in [0.2, 0.25) is 5.02 Å². The van der Waals surface area contributed by atoms with E-state index in [1.54, 1.807) is 0 Å². The third kappa shape index (κ3) is 2.78. The molecule has 0 fully saturated rings. The highest BCUT2D eigenvalue weighted by Gasteiger charge is 2.29. The molecule has 3 heterocycles. The van der Waals surface area contributed by atoms with Crippen molar-refractivity contribution < 1.29 is 0 Å². The number of aromatic nitrogens is 1. The highest BCUT2D eigenvalue weighted by molar-refractivity contribution is 6.33. The second kappa shape index (κ2) is 6.29. The van der Waals surface area contributed by atoms with Crippen molar-refractivity contribution in [1.29, 1.82) is 0 Å². The van der Waals surface area contributed by atoms with Crippen molar-refractivity contribution in [3.8, 4) is 0 Å². The molecule has 2 aromatic rings. The van der Waals surface area contributed by atoms with E-state index in [4.69, 9.17) is 16.7 Å². The minimum Gasteiger partial charge on any atom is -0.368 e. The predicted molar refractivity (Wildman–Crippen MR) is 98.2 cm³/mol. The lowest BCUT2D eigenvalue weighted by Crippen LogP contribution is -2.31. The van der Waals surface area contributed by atoms with Crippen molar-refractivity contribution >= 4 is 23.0 Å². The highest BCUT2D eigenvalue weighted by Crippen LogP contribution is 2.33. The summed E-state index contributed by atoms with van der Waals surface area (Å²) in [5, 5.41) is 7.55. The van der Waals surface area contributed by atoms with Crippen LogP contribution in [0.5, 0.6) is 0 Å². The number of pyridine rings is 1. The van der Waals surface area contributed by atoms with Gasteiger partial charge in [0.05, 0.1) is 35.2 Å². The summed E-state index contributed by atoms with van der Waals surface area (Å²) in [5.41, 5.74) is 5.86. The van der Waals surface area contributed by atoms with Gasteiger partial charge in [0.2, 0.25) is 0 Å². The maximum absolute atomic E-state index is 6.33. The highest BCUT2D eigenvalue weighted by atomic mass is 35.5. The molecule has 24 heavy (non-hydrogen) atoms. The molecule has 0 atom stereocenters. The zero-order chi connectivity index (χ0) is 16.5. The van der Waals surface area contributed by atoms with Gasteiger partial charge < -0.3 is 4.90 Å². The SMILES string of the molecule is CC1=C2CN(c3ccccc3Cl)N=C2CCN1Cc1ccccn1. The van der Waals surface area contributed by atoms with Gasteiger partial charge in [-0.3, -0.25) is 9.99 Å². The summed E-state index contributed by atoms with van der Waals surface area (Å²) in [6.45, 7) is 4.78. The van der Waals surface area contributed by atoms with Gasteiger partial charge in [0.1, 0.15) is 0 Å². The van der Waals surface area contributed by atoms with Gasteiger partial charge in [-0.05, 0) is 31.2 Å². The maximum atomic E-state index is 6.33. The first-order valence-electron chi connectivity index (χ1n) is 8.17. The summed E-state index contributed by atoms with van der Waals surface area (Å²) in [6, 6.07) is 13.9. The number of hydrogen-bond donors (Lipinski definition) is 0. The van der Waals surface area contributed by atoms with E-state index in [9.17, 15) is 0 Å². The van der Waals surface area contributed by atoms with E-state index in [2.05, 4.69) is 22.9 Å². The molecule has 2 aliphatic rings. The number of fused-ring (bicyclic) bond motifs is 1. The van der Waals surface area contributed by atoms with Crippen molar-refractivity contribution in [2.24, 2.45) is 5.10 Å². The molecule has 5 heteroatoms. The van der Waals surface area contributed by atoms with Crippen LogP contribution < -0.4 is 5.01 Å². The van der Waals surface area contributed by atoms with Crippen molar-refractivity contribution in [3.63, 3.8) is 0 Å². The molecule has 1 aromatic carbocycles. The lowest BCUT2D eigenvalue weighted by Gasteiger charge is -2.30. The molecule has 0 amide bonds. The molecule has 0 aliphatic carbocycles. The van der Waals surface area contributed by atoms with Gasteiger partial charge >= 0.3 is 0 Å². The topological polar surface area (TPSA) is 31.7 Å². The standard InChI is InChI=1S/C19H19ClN4/c1-14-16-13-24(19-8-3-2-7-17(19)20)22-18(16)9-11-23(14)12-15-6-4-5-10-21-15/h2-8,10H,9,11-13H2,1H3. The van der Waals surface area contributed by atoms with E-state index in [0.717, 1.165) is 42.5 Å². The lowest BCUT2D eigenvalue weighted by atomic mass is 10.0. The number of halogens is 1. The Labute approximate surface area is 147 Å². The second-order valence-corrected chi connectivity index (χ2v) is 6.52. The zero-order valence-electron chi connectivity index (χ0n) is 13.6. The number of hydrazone groups is 1. The van der Waals surface area contributed by atoms with Gasteiger partial charge in [-0.2, -0.15) is 5.10 Å². The monoisotopic (exact) mass is 338 g/mol. The Kier molecular flexibility index (Phi) is 3.98.